The average Bonchev–Trinajstić information content (AvgIpc) is 2.44. The Morgan fingerprint density at radius 2 is 1.74 bits per heavy atom. The van der Waals surface area contributed by atoms with E-state index in [0.717, 1.165) is 18.4 Å². The number of unbranched alkanes of at least 4 members (excludes halogenated alkanes) is 4. The number of hydrogen-bond donors (Lipinski definition) is 2. The molecule has 0 radical (unpaired) electrons. The molecule has 0 saturated carbocycles. The molecule has 2 N–H and O–H groups in total. The van der Waals surface area contributed by atoms with Gasteiger partial charge in [-0.3, -0.25) is 0 Å². The van der Waals surface area contributed by atoms with Gasteiger partial charge in [-0.25, -0.2) is 0 Å². The lowest BCUT2D eigenvalue weighted by molar-refractivity contribution is 0.159. The molecule has 0 aliphatic carbocycles. The van der Waals surface area contributed by atoms with E-state index < -0.39 is 8.60 Å². The van der Waals surface area contributed by atoms with Gasteiger partial charge in [-0.15, -0.1) is 0 Å². The van der Waals surface area contributed by atoms with Crippen molar-refractivity contribution < 1.29 is 14.3 Å². The summed E-state index contributed by atoms with van der Waals surface area (Å²) in [6, 6.07) is 6.36. The Balaban J connectivity index is 2.93. The van der Waals surface area contributed by atoms with Crippen molar-refractivity contribution in [3.8, 4) is 0 Å². The van der Waals surface area contributed by atoms with Crippen LogP contribution in [-0.4, -0.2) is 9.79 Å². The van der Waals surface area contributed by atoms with Crippen molar-refractivity contribution in [2.45, 2.75) is 84.7 Å². The molecule has 0 saturated heterocycles. The van der Waals surface area contributed by atoms with Crippen LogP contribution < -0.4 is 0 Å². The molecule has 1 rings (SSSR count). The van der Waals surface area contributed by atoms with Crippen LogP contribution in [0.5, 0.6) is 0 Å². The van der Waals surface area contributed by atoms with E-state index in [-0.39, 0.29) is 11.5 Å². The Hall–Kier alpha value is -0.470. The maximum absolute atomic E-state index is 9.37. The summed E-state index contributed by atoms with van der Waals surface area (Å²) in [5.41, 5.74) is 3.54. The van der Waals surface area contributed by atoms with Gasteiger partial charge in [-0.2, -0.15) is 0 Å². The summed E-state index contributed by atoms with van der Waals surface area (Å²) in [5.74, 6) is 0. The third-order valence-corrected chi connectivity index (χ3v) is 4.60. The smallest absolute Gasteiger partial charge is 0.327 e. The summed E-state index contributed by atoms with van der Waals surface area (Å²) in [5, 5.41) is 0. The minimum absolute atomic E-state index is 0.00115. The van der Waals surface area contributed by atoms with Gasteiger partial charge < -0.3 is 14.3 Å². The van der Waals surface area contributed by atoms with Gasteiger partial charge in [0.15, 0.2) is 0 Å². The zero-order valence-electron chi connectivity index (χ0n) is 15.3. The number of aryl methyl sites for hydroxylation is 1. The fourth-order valence-electron chi connectivity index (χ4n) is 2.91. The lowest BCUT2D eigenvalue weighted by atomic mass is 9.81. The highest BCUT2D eigenvalue weighted by molar-refractivity contribution is 7.39. The summed E-state index contributed by atoms with van der Waals surface area (Å²) < 4.78 is 5.49. The highest BCUT2D eigenvalue weighted by Gasteiger charge is 2.25. The Morgan fingerprint density at radius 1 is 1.09 bits per heavy atom. The van der Waals surface area contributed by atoms with Crippen LogP contribution in [0.15, 0.2) is 18.2 Å². The second kappa shape index (κ2) is 9.74. The monoisotopic (exact) mass is 340 g/mol. The van der Waals surface area contributed by atoms with Crippen LogP contribution in [0.4, 0.5) is 0 Å². The van der Waals surface area contributed by atoms with Crippen molar-refractivity contribution in [1.29, 1.82) is 0 Å². The molecule has 0 aliphatic heterocycles. The van der Waals surface area contributed by atoms with Gasteiger partial charge in [0, 0.05) is 0 Å². The molecule has 0 aliphatic rings. The summed E-state index contributed by atoms with van der Waals surface area (Å²) in [6.07, 6.45) is 6.52. The van der Waals surface area contributed by atoms with Crippen molar-refractivity contribution in [1.82, 2.24) is 0 Å². The minimum atomic E-state index is -2.35. The number of benzene rings is 1. The minimum Gasteiger partial charge on any atom is -0.328 e. The lowest BCUT2D eigenvalue weighted by Crippen LogP contribution is -2.17. The van der Waals surface area contributed by atoms with Crippen LogP contribution in [-0.2, 0) is 9.94 Å². The van der Waals surface area contributed by atoms with Crippen LogP contribution in [0.25, 0.3) is 0 Å². The fraction of sp³-hybridized carbons (Fsp3) is 0.684. The molecule has 1 atom stereocenters. The Kier molecular flexibility index (Phi) is 8.71. The molecular formula is C19H33O3P. The first kappa shape index (κ1) is 20.6. The summed E-state index contributed by atoms with van der Waals surface area (Å²) >= 11 is 0. The van der Waals surface area contributed by atoms with Crippen LogP contribution in [0.3, 0.4) is 0 Å². The van der Waals surface area contributed by atoms with Gasteiger partial charge in [0.05, 0.1) is 6.10 Å². The average molecular weight is 340 g/mol. The second-order valence-corrected chi connectivity index (χ2v) is 8.11. The first-order valence-corrected chi connectivity index (χ1v) is 9.88. The van der Waals surface area contributed by atoms with E-state index in [1.165, 1.54) is 36.8 Å². The van der Waals surface area contributed by atoms with E-state index in [9.17, 15) is 9.79 Å². The van der Waals surface area contributed by atoms with Gasteiger partial charge >= 0.3 is 8.60 Å². The molecule has 0 aromatic heterocycles. The van der Waals surface area contributed by atoms with E-state index in [1.807, 2.05) is 0 Å². The zero-order valence-corrected chi connectivity index (χ0v) is 16.2. The fourth-order valence-corrected chi connectivity index (χ4v) is 3.36. The molecule has 3 nitrogen and oxygen atoms in total. The highest BCUT2D eigenvalue weighted by Crippen LogP contribution is 2.41. The van der Waals surface area contributed by atoms with Crippen molar-refractivity contribution in [2.24, 2.45) is 0 Å². The lowest BCUT2D eigenvalue weighted by Gasteiger charge is -2.28. The number of hydrogen-bond acceptors (Lipinski definition) is 3. The van der Waals surface area contributed by atoms with Crippen LogP contribution in [0, 0.1) is 6.92 Å². The standard InChI is InChI=1S/C19H33O3P/c1-6-7-8-9-10-11-18(22-23(20)21)16-13-12-15(2)14-17(16)19(3,4)5/h12-14,18,20-21H,6-11H2,1-5H3. The summed E-state index contributed by atoms with van der Waals surface area (Å²) in [6.45, 7) is 10.8. The number of rotatable bonds is 9. The van der Waals surface area contributed by atoms with E-state index in [0.29, 0.717) is 0 Å². The predicted octanol–water partition coefficient (Wildman–Crippen LogP) is 5.92. The molecule has 0 amide bonds. The largest absolute Gasteiger partial charge is 0.328 e. The molecule has 0 fully saturated rings. The van der Waals surface area contributed by atoms with Crippen LogP contribution in [0.2, 0.25) is 0 Å². The Labute approximate surface area is 143 Å². The maximum atomic E-state index is 9.37. The van der Waals surface area contributed by atoms with Gasteiger partial charge in [0.25, 0.3) is 0 Å². The molecule has 132 valence electrons. The third kappa shape index (κ3) is 7.30. The second-order valence-electron chi connectivity index (χ2n) is 7.39. The van der Waals surface area contributed by atoms with Gasteiger partial charge in [-0.1, -0.05) is 83.6 Å². The van der Waals surface area contributed by atoms with E-state index in [1.54, 1.807) is 0 Å². The summed E-state index contributed by atoms with van der Waals surface area (Å²) in [7, 11) is -2.35. The normalized spacial score (nSPS) is 13.6. The molecule has 0 spiro atoms. The molecule has 1 aromatic rings. The first-order valence-electron chi connectivity index (χ1n) is 8.71. The molecule has 1 aromatic carbocycles. The molecule has 0 bridgehead atoms. The molecule has 23 heavy (non-hydrogen) atoms. The molecule has 0 heterocycles. The molecular weight excluding hydrogens is 307 g/mol. The van der Waals surface area contributed by atoms with Crippen molar-refractivity contribution >= 4 is 8.60 Å². The predicted molar refractivity (Wildman–Crippen MR) is 98.4 cm³/mol. The third-order valence-electron chi connectivity index (χ3n) is 4.16. The van der Waals surface area contributed by atoms with Crippen LogP contribution >= 0.6 is 8.60 Å². The molecule has 1 unspecified atom stereocenters. The quantitative estimate of drug-likeness (QED) is 0.433. The van der Waals surface area contributed by atoms with Crippen molar-refractivity contribution in [2.75, 3.05) is 0 Å². The Morgan fingerprint density at radius 3 is 2.30 bits per heavy atom. The van der Waals surface area contributed by atoms with Gasteiger partial charge in [-0.05, 0) is 29.9 Å². The highest BCUT2D eigenvalue weighted by atomic mass is 31.2. The van der Waals surface area contributed by atoms with Crippen molar-refractivity contribution in [3.05, 3.63) is 34.9 Å². The van der Waals surface area contributed by atoms with E-state index >= 15 is 0 Å². The summed E-state index contributed by atoms with van der Waals surface area (Å²) in [4.78, 5) is 18.7. The molecule has 4 heteroatoms. The van der Waals surface area contributed by atoms with Crippen LogP contribution in [0.1, 0.15) is 89.0 Å². The SMILES string of the molecule is CCCCCCCC(OP(O)O)c1ccc(C)cc1C(C)(C)C. The van der Waals surface area contributed by atoms with E-state index in [2.05, 4.69) is 52.8 Å². The van der Waals surface area contributed by atoms with Crippen molar-refractivity contribution in [3.63, 3.8) is 0 Å². The first-order chi connectivity index (χ1) is 10.8. The van der Waals surface area contributed by atoms with Gasteiger partial charge in [0.2, 0.25) is 0 Å². The topological polar surface area (TPSA) is 49.7 Å². The zero-order chi connectivity index (χ0) is 17.5. The maximum Gasteiger partial charge on any atom is 0.327 e. The van der Waals surface area contributed by atoms with Gasteiger partial charge in [0.1, 0.15) is 0 Å². The van der Waals surface area contributed by atoms with E-state index in [4.69, 9.17) is 4.52 Å². The Bertz CT molecular complexity index is 466.